The summed E-state index contributed by atoms with van der Waals surface area (Å²) in [6.45, 7) is -0.493. The first-order valence-corrected chi connectivity index (χ1v) is 4.98. The van der Waals surface area contributed by atoms with Gasteiger partial charge >= 0.3 is 0 Å². The first-order valence-electron chi connectivity index (χ1n) is 2.61. The maximum absolute atomic E-state index is 9.98. The Hall–Kier alpha value is -0.480. The zero-order valence-corrected chi connectivity index (χ0v) is 7.73. The molecule has 0 radical (unpaired) electrons. The van der Waals surface area contributed by atoms with Gasteiger partial charge in [-0.1, -0.05) is 0 Å². The maximum Gasteiger partial charge on any atom is 0.266 e. The monoisotopic (exact) mass is 217 g/mol. The second-order valence-electron chi connectivity index (χ2n) is 1.43. The van der Waals surface area contributed by atoms with E-state index >= 15 is 0 Å². The zero-order chi connectivity index (χ0) is 10.2. The third-order valence-corrected chi connectivity index (χ3v) is 1.08. The number of rotatable bonds is 3. The Bertz CT molecular complexity index is 210. The molecule has 0 aliphatic rings. The molecule has 0 saturated heterocycles. The molecule has 1 atom stereocenters. The summed E-state index contributed by atoms with van der Waals surface area (Å²) in [6.07, 6.45) is 0. The number of hydrogen-bond acceptors (Lipinski definition) is 5. The van der Waals surface area contributed by atoms with Gasteiger partial charge in [-0.3, -0.25) is 14.1 Å². The van der Waals surface area contributed by atoms with Crippen LogP contribution in [0.25, 0.3) is 0 Å². The second kappa shape index (κ2) is 7.18. The largest absolute Gasteiger partial charge is 0.394 e. The molecular weight excluding hydrogens is 206 g/mol. The molecule has 0 saturated carbocycles. The Kier molecular flexibility index (Phi) is 8.42. The highest BCUT2D eigenvalue weighted by Gasteiger charge is 1.95. The van der Waals surface area contributed by atoms with Crippen molar-refractivity contribution in [1.29, 1.82) is 5.41 Å². The van der Waals surface area contributed by atoms with Gasteiger partial charge in [0.2, 0.25) is 0 Å². The zero-order valence-electron chi connectivity index (χ0n) is 6.10. The van der Waals surface area contributed by atoms with Crippen LogP contribution in [0.3, 0.4) is 0 Å². The summed E-state index contributed by atoms with van der Waals surface area (Å²) < 4.78 is 22.2. The number of aliphatic hydroxyl groups excluding tert-OH is 1. The lowest BCUT2D eigenvalue weighted by Crippen LogP contribution is -2.20. The molecule has 0 aromatic heterocycles. The van der Waals surface area contributed by atoms with Crippen LogP contribution in [0.4, 0.5) is 0 Å². The van der Waals surface area contributed by atoms with E-state index in [2.05, 4.69) is 26.8 Å². The van der Waals surface area contributed by atoms with Crippen molar-refractivity contribution >= 4 is 26.2 Å². The summed E-state index contributed by atoms with van der Waals surface area (Å²) >= 11 is 3.90. The lowest BCUT2D eigenvalue weighted by Gasteiger charge is -1.95. The Labute approximate surface area is 74.9 Å². The molecule has 0 aromatic rings. The number of hydrogen-bond donors (Lipinski definition) is 5. The molecular formula is C3H11N3O4S2. The van der Waals surface area contributed by atoms with E-state index in [1.54, 1.807) is 0 Å². The van der Waals surface area contributed by atoms with E-state index in [0.29, 0.717) is 0 Å². The van der Waals surface area contributed by atoms with Crippen LogP contribution in [0.5, 0.6) is 0 Å². The van der Waals surface area contributed by atoms with Gasteiger partial charge in [0.25, 0.3) is 9.05 Å². The smallest absolute Gasteiger partial charge is 0.266 e. The van der Waals surface area contributed by atoms with Crippen molar-refractivity contribution in [3.8, 4) is 0 Å². The van der Waals surface area contributed by atoms with Crippen molar-refractivity contribution in [1.82, 2.24) is 0 Å². The Morgan fingerprint density at radius 1 is 1.67 bits per heavy atom. The topological polar surface area (TPSA) is 143 Å². The average molecular weight is 217 g/mol. The summed E-state index contributed by atoms with van der Waals surface area (Å²) in [5.41, 5.74) is 8.94. The highest BCUT2D eigenvalue weighted by atomic mass is 32.9. The molecule has 7 N–H and O–H groups in total. The third-order valence-electron chi connectivity index (χ3n) is 0.324. The van der Waals surface area contributed by atoms with Crippen molar-refractivity contribution in [3.63, 3.8) is 0 Å². The first-order chi connectivity index (χ1) is 5.29. The van der Waals surface area contributed by atoms with Gasteiger partial charge in [0.05, 0.1) is 13.2 Å². The van der Waals surface area contributed by atoms with Gasteiger partial charge in [0.1, 0.15) is 0 Å². The minimum Gasteiger partial charge on any atom is -0.394 e. The van der Waals surface area contributed by atoms with E-state index in [4.69, 9.17) is 15.1 Å². The van der Waals surface area contributed by atoms with Crippen LogP contribution >= 0.6 is 0 Å². The van der Waals surface area contributed by atoms with Crippen LogP contribution < -0.4 is 11.5 Å². The predicted octanol–water partition coefficient (Wildman–Crippen LogP) is -2.03. The van der Waals surface area contributed by atoms with Crippen molar-refractivity contribution < 1.29 is 18.1 Å². The molecule has 9 heteroatoms. The molecule has 0 spiro atoms. The molecule has 12 heavy (non-hydrogen) atoms. The Balaban J connectivity index is 0. The quantitative estimate of drug-likeness (QED) is 0.271. The summed E-state index contributed by atoms with van der Waals surface area (Å²) in [5, 5.41) is 14.1. The number of nitrogens with one attached hydrogen (secondary N) is 1. The Morgan fingerprint density at radius 3 is 2.08 bits per heavy atom. The van der Waals surface area contributed by atoms with E-state index in [0.717, 1.165) is 0 Å². The van der Waals surface area contributed by atoms with E-state index in [1.807, 2.05) is 0 Å². The standard InChI is InChI=1S/C2H6O4S2.CH5N3/c3-1-2-6-8(4,5)7;2-1(3)4/h3H,1-2H2,(H,4,5,7);(H5,2,3,4). The van der Waals surface area contributed by atoms with Crippen LogP contribution in [-0.4, -0.2) is 33.0 Å². The summed E-state index contributed by atoms with van der Waals surface area (Å²) in [7, 11) is -3.51. The van der Waals surface area contributed by atoms with Crippen LogP contribution in [0.1, 0.15) is 0 Å². The molecule has 0 aliphatic carbocycles. The lowest BCUT2D eigenvalue weighted by molar-refractivity contribution is 0.201. The predicted molar refractivity (Wildman–Crippen MR) is 47.3 cm³/mol. The highest BCUT2D eigenvalue weighted by Crippen LogP contribution is 1.83. The van der Waals surface area contributed by atoms with Gasteiger partial charge in [-0.15, -0.1) is 0 Å². The molecule has 0 heterocycles. The van der Waals surface area contributed by atoms with E-state index in [1.165, 1.54) is 0 Å². The van der Waals surface area contributed by atoms with E-state index in [9.17, 15) is 4.21 Å². The van der Waals surface area contributed by atoms with Gasteiger partial charge in [-0.25, -0.2) is 0 Å². The molecule has 0 bridgehead atoms. The van der Waals surface area contributed by atoms with Crippen LogP contribution in [0.15, 0.2) is 0 Å². The van der Waals surface area contributed by atoms with Crippen LogP contribution in [0, 0.1) is 5.41 Å². The van der Waals surface area contributed by atoms with Gasteiger partial charge in [0, 0.05) is 11.2 Å². The minimum atomic E-state index is -3.51. The van der Waals surface area contributed by atoms with Crippen LogP contribution in [-0.2, 0) is 24.4 Å². The molecule has 0 rings (SSSR count). The fourth-order valence-electron chi connectivity index (χ4n) is 0.143. The average Bonchev–Trinajstić information content (AvgIpc) is 1.80. The summed E-state index contributed by atoms with van der Waals surface area (Å²) in [4.78, 5) is 0. The fourth-order valence-corrected chi connectivity index (χ4v) is 0.632. The molecule has 0 amide bonds. The molecule has 0 aliphatic heterocycles. The van der Waals surface area contributed by atoms with Crippen molar-refractivity contribution in [2.24, 2.45) is 11.5 Å². The van der Waals surface area contributed by atoms with E-state index in [-0.39, 0.29) is 19.2 Å². The van der Waals surface area contributed by atoms with Crippen LogP contribution in [0.2, 0.25) is 0 Å². The summed E-state index contributed by atoms with van der Waals surface area (Å²) in [6, 6.07) is 0. The number of aliphatic hydroxyl groups is 1. The molecule has 7 nitrogen and oxygen atoms in total. The number of nitrogens with two attached hydrogens (primary N) is 2. The van der Waals surface area contributed by atoms with Gasteiger partial charge in [-0.05, 0) is 0 Å². The first kappa shape index (κ1) is 14.1. The molecule has 0 fully saturated rings. The third kappa shape index (κ3) is 33.8. The normalized spacial score (nSPS) is 13.8. The molecule has 74 valence electrons. The summed E-state index contributed by atoms with van der Waals surface area (Å²) in [5.74, 6) is -0.333. The van der Waals surface area contributed by atoms with Gasteiger partial charge in [-0.2, -0.15) is 4.21 Å². The minimum absolute atomic E-state index is 0.196. The molecule has 0 aromatic carbocycles. The second-order valence-corrected chi connectivity index (χ2v) is 3.78. The SMILES string of the molecule is N=C(N)N.O=S(O)(=S)OCCO. The van der Waals surface area contributed by atoms with Gasteiger partial charge in [0.15, 0.2) is 5.96 Å². The number of guanidine groups is 1. The lowest BCUT2D eigenvalue weighted by atomic mass is 10.8. The Morgan fingerprint density at radius 2 is 2.00 bits per heavy atom. The fraction of sp³-hybridized carbons (Fsp3) is 0.667. The van der Waals surface area contributed by atoms with Crippen molar-refractivity contribution in [3.05, 3.63) is 0 Å². The van der Waals surface area contributed by atoms with Gasteiger partial charge < -0.3 is 16.6 Å². The maximum atomic E-state index is 9.98. The highest BCUT2D eigenvalue weighted by molar-refractivity contribution is 8.27. The van der Waals surface area contributed by atoms with Crippen molar-refractivity contribution in [2.45, 2.75) is 0 Å². The van der Waals surface area contributed by atoms with Crippen molar-refractivity contribution in [2.75, 3.05) is 13.2 Å². The molecule has 1 unspecified atom stereocenters. The van der Waals surface area contributed by atoms with E-state index < -0.39 is 9.05 Å².